The predicted octanol–water partition coefficient (Wildman–Crippen LogP) is -1.44. The second-order valence-electron chi connectivity index (χ2n) is 4.96. The topological polar surface area (TPSA) is 83.4 Å². The first-order valence-corrected chi connectivity index (χ1v) is 6.65. The van der Waals surface area contributed by atoms with E-state index in [1.54, 1.807) is 36.1 Å². The third kappa shape index (κ3) is 3.32. The summed E-state index contributed by atoms with van der Waals surface area (Å²) in [6, 6.07) is -0.415. The van der Waals surface area contributed by atoms with Crippen LogP contribution in [0.15, 0.2) is 12.4 Å². The van der Waals surface area contributed by atoms with E-state index < -0.39 is 6.04 Å². The molecule has 0 spiro atoms. The van der Waals surface area contributed by atoms with Crippen molar-refractivity contribution in [3.05, 3.63) is 12.4 Å². The summed E-state index contributed by atoms with van der Waals surface area (Å²) < 4.78 is 1.61. The maximum atomic E-state index is 12.3. The van der Waals surface area contributed by atoms with Crippen LogP contribution < -0.4 is 5.32 Å². The van der Waals surface area contributed by atoms with Crippen molar-refractivity contribution >= 4 is 11.8 Å². The SMILES string of the molecule is CN(C)C(=O)C1CNCCN1C(=O)CCn1ccnn1. The molecule has 2 heterocycles. The van der Waals surface area contributed by atoms with Gasteiger partial charge in [-0.2, -0.15) is 0 Å². The van der Waals surface area contributed by atoms with Crippen molar-refractivity contribution < 1.29 is 9.59 Å². The zero-order valence-electron chi connectivity index (χ0n) is 11.8. The quantitative estimate of drug-likeness (QED) is 0.730. The van der Waals surface area contributed by atoms with Gasteiger partial charge in [0.2, 0.25) is 11.8 Å². The Morgan fingerprint density at radius 2 is 2.25 bits per heavy atom. The van der Waals surface area contributed by atoms with Gasteiger partial charge in [0, 0.05) is 46.3 Å². The van der Waals surface area contributed by atoms with E-state index in [0.717, 1.165) is 0 Å². The van der Waals surface area contributed by atoms with Gasteiger partial charge in [-0.05, 0) is 0 Å². The average Bonchev–Trinajstić information content (AvgIpc) is 2.97. The van der Waals surface area contributed by atoms with Crippen LogP contribution in [0.3, 0.4) is 0 Å². The zero-order chi connectivity index (χ0) is 14.5. The number of rotatable bonds is 4. The minimum absolute atomic E-state index is 0.0257. The van der Waals surface area contributed by atoms with Crippen LogP contribution in [0.4, 0.5) is 0 Å². The van der Waals surface area contributed by atoms with Crippen molar-refractivity contribution in [2.24, 2.45) is 0 Å². The van der Waals surface area contributed by atoms with E-state index in [9.17, 15) is 9.59 Å². The molecule has 1 fully saturated rings. The van der Waals surface area contributed by atoms with Crippen molar-refractivity contribution in [1.82, 2.24) is 30.1 Å². The van der Waals surface area contributed by atoms with Crippen molar-refractivity contribution in [2.45, 2.75) is 19.0 Å². The number of likely N-dealkylation sites (N-methyl/N-ethyl adjacent to an activating group) is 1. The zero-order valence-corrected chi connectivity index (χ0v) is 11.8. The van der Waals surface area contributed by atoms with Crippen molar-refractivity contribution in [3.63, 3.8) is 0 Å². The van der Waals surface area contributed by atoms with Crippen molar-refractivity contribution in [2.75, 3.05) is 33.7 Å². The molecule has 1 aromatic rings. The molecule has 8 heteroatoms. The van der Waals surface area contributed by atoms with Gasteiger partial charge in [-0.3, -0.25) is 14.3 Å². The van der Waals surface area contributed by atoms with Gasteiger partial charge in [0.25, 0.3) is 0 Å². The first kappa shape index (κ1) is 14.4. The van der Waals surface area contributed by atoms with E-state index in [0.29, 0.717) is 32.6 Å². The van der Waals surface area contributed by atoms with Crippen LogP contribution in [0.1, 0.15) is 6.42 Å². The standard InChI is InChI=1S/C12H20N6O2/c1-16(2)12(20)10-9-13-4-8-18(10)11(19)3-6-17-7-5-14-15-17/h5,7,10,13H,3-4,6,8-9H2,1-2H3. The Kier molecular flexibility index (Phi) is 4.67. The Hall–Kier alpha value is -1.96. The summed E-state index contributed by atoms with van der Waals surface area (Å²) in [6.07, 6.45) is 3.61. The predicted molar refractivity (Wildman–Crippen MR) is 71.7 cm³/mol. The number of amides is 2. The van der Waals surface area contributed by atoms with Crippen molar-refractivity contribution in [1.29, 1.82) is 0 Å². The molecule has 1 aliphatic heterocycles. The lowest BCUT2D eigenvalue weighted by Crippen LogP contribution is -2.59. The summed E-state index contributed by atoms with van der Waals surface area (Å²) in [5.41, 5.74) is 0. The first-order chi connectivity index (χ1) is 9.59. The summed E-state index contributed by atoms with van der Waals surface area (Å²) in [4.78, 5) is 27.6. The van der Waals surface area contributed by atoms with Crippen LogP contribution in [-0.2, 0) is 16.1 Å². The number of hydrogen-bond acceptors (Lipinski definition) is 5. The number of carbonyl (C=O) groups excluding carboxylic acids is 2. The highest BCUT2D eigenvalue weighted by molar-refractivity contribution is 5.87. The molecule has 1 aliphatic rings. The second kappa shape index (κ2) is 6.47. The van der Waals surface area contributed by atoms with Gasteiger partial charge in [0.1, 0.15) is 6.04 Å². The van der Waals surface area contributed by atoms with E-state index in [1.807, 2.05) is 0 Å². The number of hydrogen-bond donors (Lipinski definition) is 1. The molecular formula is C12H20N6O2. The van der Waals surface area contributed by atoms with Crippen LogP contribution in [0, 0.1) is 0 Å². The van der Waals surface area contributed by atoms with Gasteiger partial charge in [-0.15, -0.1) is 5.10 Å². The molecule has 8 nitrogen and oxygen atoms in total. The van der Waals surface area contributed by atoms with E-state index in [4.69, 9.17) is 0 Å². The summed E-state index contributed by atoms with van der Waals surface area (Å²) in [5, 5.41) is 10.7. The molecule has 110 valence electrons. The molecule has 1 saturated heterocycles. The Bertz CT molecular complexity index is 459. The second-order valence-corrected chi connectivity index (χ2v) is 4.96. The van der Waals surface area contributed by atoms with Gasteiger partial charge >= 0.3 is 0 Å². The Morgan fingerprint density at radius 1 is 1.45 bits per heavy atom. The van der Waals surface area contributed by atoms with Crippen LogP contribution >= 0.6 is 0 Å². The fourth-order valence-electron chi connectivity index (χ4n) is 2.23. The summed E-state index contributed by atoms with van der Waals surface area (Å²) in [7, 11) is 3.41. The van der Waals surface area contributed by atoms with E-state index in [1.165, 1.54) is 4.90 Å². The first-order valence-electron chi connectivity index (χ1n) is 6.65. The number of piperazine rings is 1. The molecule has 20 heavy (non-hydrogen) atoms. The Morgan fingerprint density at radius 3 is 2.90 bits per heavy atom. The summed E-state index contributed by atoms with van der Waals surface area (Å²) in [5.74, 6) is -0.0755. The molecule has 1 atom stereocenters. The highest BCUT2D eigenvalue weighted by atomic mass is 16.2. The Labute approximate surface area is 117 Å². The van der Waals surface area contributed by atoms with Gasteiger partial charge in [0.15, 0.2) is 0 Å². The molecule has 0 bridgehead atoms. The van der Waals surface area contributed by atoms with Crippen LogP contribution in [0.2, 0.25) is 0 Å². The number of aryl methyl sites for hydroxylation is 1. The van der Waals surface area contributed by atoms with Crippen LogP contribution in [-0.4, -0.2) is 76.4 Å². The molecule has 1 aromatic heterocycles. The molecule has 1 unspecified atom stereocenters. The minimum atomic E-state index is -0.415. The fraction of sp³-hybridized carbons (Fsp3) is 0.667. The number of aromatic nitrogens is 3. The lowest BCUT2D eigenvalue weighted by molar-refractivity contribution is -0.145. The van der Waals surface area contributed by atoms with Gasteiger partial charge in [0.05, 0.1) is 12.7 Å². The van der Waals surface area contributed by atoms with E-state index in [2.05, 4.69) is 15.6 Å². The largest absolute Gasteiger partial charge is 0.347 e. The summed E-state index contributed by atoms with van der Waals surface area (Å²) >= 11 is 0. The molecule has 0 aliphatic carbocycles. The van der Waals surface area contributed by atoms with Gasteiger partial charge in [-0.25, -0.2) is 0 Å². The molecule has 2 amide bonds. The molecule has 1 N–H and O–H groups in total. The lowest BCUT2D eigenvalue weighted by atomic mass is 10.1. The Balaban J connectivity index is 1.96. The molecule has 0 radical (unpaired) electrons. The lowest BCUT2D eigenvalue weighted by Gasteiger charge is -2.36. The monoisotopic (exact) mass is 280 g/mol. The third-order valence-electron chi connectivity index (χ3n) is 3.32. The average molecular weight is 280 g/mol. The molecule has 2 rings (SSSR count). The summed E-state index contributed by atoms with van der Waals surface area (Å²) in [6.45, 7) is 2.25. The molecular weight excluding hydrogens is 260 g/mol. The van der Waals surface area contributed by atoms with Crippen LogP contribution in [0.25, 0.3) is 0 Å². The minimum Gasteiger partial charge on any atom is -0.347 e. The number of nitrogens with zero attached hydrogens (tertiary/aromatic N) is 5. The molecule has 0 aromatic carbocycles. The van der Waals surface area contributed by atoms with E-state index in [-0.39, 0.29) is 11.8 Å². The highest BCUT2D eigenvalue weighted by Gasteiger charge is 2.32. The van der Waals surface area contributed by atoms with Crippen LogP contribution in [0.5, 0.6) is 0 Å². The van der Waals surface area contributed by atoms with Gasteiger partial charge in [-0.1, -0.05) is 5.21 Å². The fourth-order valence-corrected chi connectivity index (χ4v) is 2.23. The number of nitrogens with one attached hydrogen (secondary N) is 1. The third-order valence-corrected chi connectivity index (χ3v) is 3.32. The van der Waals surface area contributed by atoms with Crippen molar-refractivity contribution in [3.8, 4) is 0 Å². The highest BCUT2D eigenvalue weighted by Crippen LogP contribution is 2.08. The maximum Gasteiger partial charge on any atom is 0.246 e. The normalized spacial score (nSPS) is 18.9. The number of carbonyl (C=O) groups is 2. The van der Waals surface area contributed by atoms with E-state index >= 15 is 0 Å². The molecule has 0 saturated carbocycles. The van der Waals surface area contributed by atoms with Gasteiger partial charge < -0.3 is 15.1 Å². The maximum absolute atomic E-state index is 12.3. The smallest absolute Gasteiger partial charge is 0.246 e.